The second-order valence-electron chi connectivity index (χ2n) is 6.53. The summed E-state index contributed by atoms with van der Waals surface area (Å²) in [4.78, 5) is 25.2. The van der Waals surface area contributed by atoms with Gasteiger partial charge in [-0.3, -0.25) is 15.0 Å². The molecule has 1 aliphatic rings. The van der Waals surface area contributed by atoms with E-state index in [0.29, 0.717) is 12.8 Å². The second-order valence-corrected chi connectivity index (χ2v) is 6.53. The van der Waals surface area contributed by atoms with E-state index in [1.807, 2.05) is 60.7 Å². The first-order valence-electron chi connectivity index (χ1n) is 8.75. The third-order valence-corrected chi connectivity index (χ3v) is 4.93. The van der Waals surface area contributed by atoms with Crippen LogP contribution in [-0.2, 0) is 11.2 Å². The van der Waals surface area contributed by atoms with Crippen molar-refractivity contribution in [1.82, 2.24) is 4.90 Å². The normalized spacial score (nSPS) is 19.0. The Bertz CT molecular complexity index is 751. The van der Waals surface area contributed by atoms with Gasteiger partial charge < -0.3 is 4.74 Å². The number of nitro groups is 1. The molecule has 0 aromatic heterocycles. The summed E-state index contributed by atoms with van der Waals surface area (Å²) in [5, 5.41) is 11.7. The molecule has 0 N–H and O–H groups in total. The van der Waals surface area contributed by atoms with Crippen molar-refractivity contribution in [3.63, 3.8) is 0 Å². The number of ether oxygens (including phenoxy) is 1. The first kappa shape index (κ1) is 17.9. The van der Waals surface area contributed by atoms with Crippen LogP contribution in [0.2, 0.25) is 0 Å². The summed E-state index contributed by atoms with van der Waals surface area (Å²) in [7, 11) is 0. The van der Waals surface area contributed by atoms with E-state index in [-0.39, 0.29) is 17.6 Å². The van der Waals surface area contributed by atoms with Crippen LogP contribution in [0.5, 0.6) is 0 Å². The molecule has 3 atom stereocenters. The van der Waals surface area contributed by atoms with E-state index in [1.54, 1.807) is 6.92 Å². The minimum absolute atomic E-state index is 0.219. The van der Waals surface area contributed by atoms with Crippen LogP contribution in [0.1, 0.15) is 30.5 Å². The summed E-state index contributed by atoms with van der Waals surface area (Å²) in [5.74, 6) is 0. The average Bonchev–Trinajstić information content (AvgIpc) is 3.04. The number of carbonyl (C=O) groups excluding carboxylic acids is 1. The van der Waals surface area contributed by atoms with Gasteiger partial charge in [-0.2, -0.15) is 0 Å². The predicted octanol–water partition coefficient (Wildman–Crippen LogP) is 3.85. The number of aryl methyl sites for hydroxylation is 1. The molecule has 26 heavy (non-hydrogen) atoms. The summed E-state index contributed by atoms with van der Waals surface area (Å²) < 4.78 is 5.21. The lowest BCUT2D eigenvalue weighted by atomic mass is 9.97. The van der Waals surface area contributed by atoms with Crippen molar-refractivity contribution >= 4 is 6.09 Å². The Morgan fingerprint density at radius 3 is 2.38 bits per heavy atom. The third kappa shape index (κ3) is 3.85. The van der Waals surface area contributed by atoms with Gasteiger partial charge in [0.15, 0.2) is 0 Å². The molecule has 1 aliphatic heterocycles. The molecule has 0 radical (unpaired) electrons. The van der Waals surface area contributed by atoms with Gasteiger partial charge in [-0.1, -0.05) is 60.7 Å². The Labute approximate surface area is 152 Å². The van der Waals surface area contributed by atoms with Gasteiger partial charge >= 0.3 is 6.09 Å². The molecule has 0 bridgehead atoms. The van der Waals surface area contributed by atoms with Gasteiger partial charge in [0.2, 0.25) is 6.04 Å². The molecular weight excluding hydrogens is 332 g/mol. The molecule has 136 valence electrons. The molecule has 0 unspecified atom stereocenters. The van der Waals surface area contributed by atoms with Gasteiger partial charge in [-0.25, -0.2) is 4.79 Å². The number of amides is 1. The lowest BCUT2D eigenvalue weighted by Gasteiger charge is -2.29. The van der Waals surface area contributed by atoms with Gasteiger partial charge in [-0.15, -0.1) is 0 Å². The summed E-state index contributed by atoms with van der Waals surface area (Å²) in [6, 6.07) is 17.5. The third-order valence-electron chi connectivity index (χ3n) is 4.93. The first-order valence-corrected chi connectivity index (χ1v) is 8.75. The summed E-state index contributed by atoms with van der Waals surface area (Å²) in [6.07, 6.45) is 0.469. The van der Waals surface area contributed by atoms with Crippen LogP contribution in [-0.4, -0.2) is 34.6 Å². The molecule has 0 aliphatic carbocycles. The fourth-order valence-electron chi connectivity index (χ4n) is 3.48. The fourth-order valence-corrected chi connectivity index (χ4v) is 3.48. The Kier molecular flexibility index (Phi) is 5.51. The predicted molar refractivity (Wildman–Crippen MR) is 97.4 cm³/mol. The zero-order valence-electron chi connectivity index (χ0n) is 14.7. The van der Waals surface area contributed by atoms with Crippen molar-refractivity contribution in [3.05, 3.63) is 81.9 Å². The molecule has 6 heteroatoms. The molecule has 1 fully saturated rings. The molecular formula is C20H22N2O4. The zero-order chi connectivity index (χ0) is 18.5. The van der Waals surface area contributed by atoms with Crippen molar-refractivity contribution < 1.29 is 14.5 Å². The van der Waals surface area contributed by atoms with Crippen LogP contribution in [0.15, 0.2) is 60.7 Å². The summed E-state index contributed by atoms with van der Waals surface area (Å²) in [5.41, 5.74) is 1.98. The van der Waals surface area contributed by atoms with E-state index < -0.39 is 18.2 Å². The smallest absolute Gasteiger partial charge is 0.410 e. The van der Waals surface area contributed by atoms with Gasteiger partial charge in [-0.05, 0) is 24.5 Å². The van der Waals surface area contributed by atoms with E-state index in [4.69, 9.17) is 4.74 Å². The summed E-state index contributed by atoms with van der Waals surface area (Å²) in [6.45, 7) is 1.96. The Hall–Kier alpha value is -2.89. The van der Waals surface area contributed by atoms with Crippen molar-refractivity contribution in [2.45, 2.75) is 37.9 Å². The number of hydrogen-bond donors (Lipinski definition) is 0. The quantitative estimate of drug-likeness (QED) is 0.559. The Morgan fingerprint density at radius 2 is 1.77 bits per heavy atom. The minimum Gasteiger partial charge on any atom is -0.447 e. The number of benzene rings is 2. The second kappa shape index (κ2) is 7.99. The molecule has 1 heterocycles. The molecule has 0 saturated carbocycles. The highest BCUT2D eigenvalue weighted by atomic mass is 16.6. The van der Waals surface area contributed by atoms with Gasteiger partial charge in [0, 0.05) is 11.3 Å². The summed E-state index contributed by atoms with van der Waals surface area (Å²) >= 11 is 0. The number of cyclic esters (lactones) is 1. The lowest BCUT2D eigenvalue weighted by molar-refractivity contribution is -0.530. The molecule has 0 spiro atoms. The Balaban J connectivity index is 1.77. The maximum atomic E-state index is 12.3. The van der Waals surface area contributed by atoms with Crippen LogP contribution in [0, 0.1) is 10.1 Å². The lowest BCUT2D eigenvalue weighted by Crippen LogP contribution is -2.47. The standard InChI is InChI=1S/C20H22N2O4/c1-15(18(22(24)25)13-12-16-8-4-2-5-9-16)21-19(14-26-20(21)23)17-10-6-3-7-11-17/h2-11,15,18-19H,12-14H2,1H3/t15-,18+,19-/m0/s1. The number of carbonyl (C=O) groups is 1. The van der Waals surface area contributed by atoms with Crippen LogP contribution in [0.3, 0.4) is 0 Å². The van der Waals surface area contributed by atoms with Crippen LogP contribution in [0.25, 0.3) is 0 Å². The molecule has 1 saturated heterocycles. The fraction of sp³-hybridized carbons (Fsp3) is 0.350. The van der Waals surface area contributed by atoms with E-state index in [9.17, 15) is 14.9 Å². The number of rotatable bonds is 7. The van der Waals surface area contributed by atoms with E-state index in [2.05, 4.69) is 0 Å². The van der Waals surface area contributed by atoms with E-state index in [1.165, 1.54) is 4.90 Å². The number of hydrogen-bond acceptors (Lipinski definition) is 4. The van der Waals surface area contributed by atoms with E-state index >= 15 is 0 Å². The molecule has 3 rings (SSSR count). The monoisotopic (exact) mass is 354 g/mol. The largest absolute Gasteiger partial charge is 0.447 e. The molecule has 6 nitrogen and oxygen atoms in total. The maximum Gasteiger partial charge on any atom is 0.410 e. The van der Waals surface area contributed by atoms with Gasteiger partial charge in [0.1, 0.15) is 12.6 Å². The highest BCUT2D eigenvalue weighted by Crippen LogP contribution is 2.31. The first-order chi connectivity index (χ1) is 12.6. The number of nitrogens with zero attached hydrogens (tertiary/aromatic N) is 2. The van der Waals surface area contributed by atoms with Crippen LogP contribution >= 0.6 is 0 Å². The SMILES string of the molecule is C[C@@H]([C@@H](CCc1ccccc1)[N+](=O)[O-])N1C(=O)OC[C@H]1c1ccccc1. The van der Waals surface area contributed by atoms with Crippen molar-refractivity contribution in [2.75, 3.05) is 6.61 Å². The van der Waals surface area contributed by atoms with Gasteiger partial charge in [0.25, 0.3) is 0 Å². The van der Waals surface area contributed by atoms with E-state index in [0.717, 1.165) is 11.1 Å². The van der Waals surface area contributed by atoms with Crippen LogP contribution < -0.4 is 0 Å². The maximum absolute atomic E-state index is 12.3. The van der Waals surface area contributed by atoms with Gasteiger partial charge in [0.05, 0.1) is 6.04 Å². The molecule has 1 amide bonds. The Morgan fingerprint density at radius 1 is 1.15 bits per heavy atom. The topological polar surface area (TPSA) is 72.7 Å². The highest BCUT2D eigenvalue weighted by molar-refractivity contribution is 5.71. The highest BCUT2D eigenvalue weighted by Gasteiger charge is 2.43. The average molecular weight is 354 g/mol. The van der Waals surface area contributed by atoms with Crippen molar-refractivity contribution in [3.8, 4) is 0 Å². The molecule has 2 aromatic rings. The van der Waals surface area contributed by atoms with Crippen molar-refractivity contribution in [1.29, 1.82) is 0 Å². The zero-order valence-corrected chi connectivity index (χ0v) is 14.7. The molecule has 2 aromatic carbocycles. The minimum atomic E-state index is -0.855. The van der Waals surface area contributed by atoms with Crippen LogP contribution in [0.4, 0.5) is 4.79 Å². The van der Waals surface area contributed by atoms with Crippen molar-refractivity contribution in [2.24, 2.45) is 0 Å².